The second kappa shape index (κ2) is 6.71. The molecule has 1 aromatic carbocycles. The number of hydrogen-bond donors (Lipinski definition) is 2. The highest BCUT2D eigenvalue weighted by molar-refractivity contribution is 7.80. The third-order valence-corrected chi connectivity index (χ3v) is 9.38. The number of nitrogens with one attached hydrogen (secondary N) is 1. The van der Waals surface area contributed by atoms with E-state index in [2.05, 4.69) is 35.6 Å². The molecule has 146 valence electrons. The molecule has 4 bridgehead atoms. The molecule has 5 aliphatic carbocycles. The Balaban J connectivity index is 1.42. The van der Waals surface area contributed by atoms with Gasteiger partial charge in [0.2, 0.25) is 0 Å². The molecule has 0 saturated heterocycles. The molecule has 5 fully saturated rings. The average Bonchev–Trinajstić information content (AvgIpc) is 3.06. The molecule has 27 heavy (non-hydrogen) atoms. The van der Waals surface area contributed by atoms with Crippen LogP contribution < -0.4 is 11.1 Å². The average molecular weight is 403 g/mol. The summed E-state index contributed by atoms with van der Waals surface area (Å²) in [7, 11) is 0. The van der Waals surface area contributed by atoms with Crippen molar-refractivity contribution in [2.45, 2.75) is 68.9 Å². The van der Waals surface area contributed by atoms with Crippen LogP contribution in [0, 0.1) is 23.2 Å². The van der Waals surface area contributed by atoms with Gasteiger partial charge in [0, 0.05) is 23.4 Å². The molecule has 5 atom stereocenters. The molecule has 0 aromatic heterocycles. The van der Waals surface area contributed by atoms with Crippen LogP contribution in [-0.2, 0) is 5.41 Å². The van der Waals surface area contributed by atoms with Crippen molar-refractivity contribution in [2.75, 3.05) is 5.88 Å². The van der Waals surface area contributed by atoms with Crippen molar-refractivity contribution in [3.63, 3.8) is 0 Å². The topological polar surface area (TPSA) is 38.0 Å². The van der Waals surface area contributed by atoms with E-state index in [0.29, 0.717) is 29.3 Å². The lowest BCUT2D eigenvalue weighted by molar-refractivity contribution is 0.176. The molecular weight excluding hydrogens is 372 g/mol. The lowest BCUT2D eigenvalue weighted by atomic mass is 9.62. The Bertz CT molecular complexity index is 716. The SMILES string of the molecule is NC1CCC(NC(=S)C23CC4CC(c5ccccc5)(CC2C4CCl)C3)CC1. The largest absolute Gasteiger partial charge is 0.376 e. The van der Waals surface area contributed by atoms with Gasteiger partial charge in [0.1, 0.15) is 0 Å². The minimum atomic E-state index is 0.174. The summed E-state index contributed by atoms with van der Waals surface area (Å²) in [5.74, 6) is 2.82. The molecule has 0 amide bonds. The maximum atomic E-state index is 6.48. The predicted octanol–water partition coefficient (Wildman–Crippen LogP) is 4.79. The maximum Gasteiger partial charge on any atom is 0.0821 e. The fraction of sp³-hybridized carbons (Fsp3) is 0.696. The maximum absolute atomic E-state index is 6.48. The first-order valence-corrected chi connectivity index (χ1v) is 11.7. The highest BCUT2D eigenvalue weighted by Gasteiger charge is 2.69. The smallest absolute Gasteiger partial charge is 0.0821 e. The van der Waals surface area contributed by atoms with Gasteiger partial charge in [-0.3, -0.25) is 0 Å². The first-order chi connectivity index (χ1) is 13.1. The summed E-state index contributed by atoms with van der Waals surface area (Å²) >= 11 is 12.6. The molecule has 6 rings (SSSR count). The van der Waals surface area contributed by atoms with Crippen LogP contribution in [0.1, 0.15) is 56.9 Å². The van der Waals surface area contributed by atoms with E-state index in [1.165, 1.54) is 31.2 Å². The van der Waals surface area contributed by atoms with Crippen LogP contribution in [0.15, 0.2) is 30.3 Å². The standard InChI is InChI=1S/C23H31ClN2S/c24-13-19-15-10-22(16-4-2-1-3-5-16)12-20(19)23(11-15,14-22)21(27)26-18-8-6-17(25)7-9-18/h1-5,15,17-20H,6-14,25H2,(H,26,27). The second-order valence-electron chi connectivity index (χ2n) is 9.86. The van der Waals surface area contributed by atoms with Gasteiger partial charge in [-0.05, 0) is 80.1 Å². The van der Waals surface area contributed by atoms with Gasteiger partial charge in [-0.25, -0.2) is 0 Å². The van der Waals surface area contributed by atoms with Crippen molar-refractivity contribution < 1.29 is 0 Å². The second-order valence-corrected chi connectivity index (χ2v) is 10.6. The number of nitrogens with two attached hydrogens (primary N) is 1. The van der Waals surface area contributed by atoms with Crippen molar-refractivity contribution in [2.24, 2.45) is 28.9 Å². The molecule has 5 saturated carbocycles. The molecule has 3 N–H and O–H groups in total. The lowest BCUT2D eigenvalue weighted by Gasteiger charge is -2.43. The van der Waals surface area contributed by atoms with Gasteiger partial charge < -0.3 is 11.1 Å². The Morgan fingerprint density at radius 2 is 1.85 bits per heavy atom. The molecule has 5 unspecified atom stereocenters. The van der Waals surface area contributed by atoms with Gasteiger partial charge in [0.05, 0.1) is 4.99 Å². The molecular formula is C23H31ClN2S. The van der Waals surface area contributed by atoms with E-state index >= 15 is 0 Å². The number of thiocarbonyl (C=S) groups is 1. The van der Waals surface area contributed by atoms with Crippen molar-refractivity contribution in [3.05, 3.63) is 35.9 Å². The Morgan fingerprint density at radius 1 is 1.11 bits per heavy atom. The van der Waals surface area contributed by atoms with Gasteiger partial charge in [-0.2, -0.15) is 0 Å². The van der Waals surface area contributed by atoms with Crippen LogP contribution in [0.25, 0.3) is 0 Å². The van der Waals surface area contributed by atoms with Gasteiger partial charge in [-0.15, -0.1) is 11.6 Å². The van der Waals surface area contributed by atoms with Gasteiger partial charge in [0.25, 0.3) is 0 Å². The number of benzene rings is 1. The number of halogens is 1. The third-order valence-electron chi connectivity index (χ3n) is 8.50. The van der Waals surface area contributed by atoms with E-state index in [9.17, 15) is 0 Å². The summed E-state index contributed by atoms with van der Waals surface area (Å²) in [6.45, 7) is 0. The predicted molar refractivity (Wildman–Crippen MR) is 116 cm³/mol. The van der Waals surface area contributed by atoms with Crippen molar-refractivity contribution in [1.82, 2.24) is 5.32 Å². The molecule has 0 heterocycles. The summed E-state index contributed by atoms with van der Waals surface area (Å²) in [5, 5.41) is 3.83. The number of hydrogen-bond acceptors (Lipinski definition) is 2. The van der Waals surface area contributed by atoms with E-state index in [0.717, 1.165) is 42.5 Å². The van der Waals surface area contributed by atoms with Crippen molar-refractivity contribution >= 4 is 28.8 Å². The van der Waals surface area contributed by atoms with E-state index in [-0.39, 0.29) is 5.41 Å². The Kier molecular flexibility index (Phi) is 4.57. The van der Waals surface area contributed by atoms with E-state index in [1.807, 2.05) is 0 Å². The van der Waals surface area contributed by atoms with E-state index in [4.69, 9.17) is 29.6 Å². The summed E-state index contributed by atoms with van der Waals surface area (Å²) in [5.41, 5.74) is 8.12. The van der Waals surface area contributed by atoms with Crippen LogP contribution >= 0.6 is 23.8 Å². The Hall–Kier alpha value is -0.640. The fourth-order valence-corrected chi connectivity index (χ4v) is 8.27. The summed E-state index contributed by atoms with van der Waals surface area (Å²) in [6.07, 6.45) is 9.60. The fourth-order valence-electron chi connectivity index (χ4n) is 7.33. The van der Waals surface area contributed by atoms with Crippen LogP contribution in [0.4, 0.5) is 0 Å². The first-order valence-electron chi connectivity index (χ1n) is 10.7. The molecule has 0 aliphatic heterocycles. The van der Waals surface area contributed by atoms with Crippen LogP contribution in [-0.4, -0.2) is 23.0 Å². The third kappa shape index (κ3) is 2.80. The minimum Gasteiger partial charge on any atom is -0.376 e. The quantitative estimate of drug-likeness (QED) is 0.561. The Morgan fingerprint density at radius 3 is 2.56 bits per heavy atom. The highest BCUT2D eigenvalue weighted by atomic mass is 35.5. The molecule has 1 aromatic rings. The zero-order valence-electron chi connectivity index (χ0n) is 16.0. The first kappa shape index (κ1) is 18.4. The van der Waals surface area contributed by atoms with Gasteiger partial charge in [0.15, 0.2) is 0 Å². The van der Waals surface area contributed by atoms with Crippen molar-refractivity contribution in [1.29, 1.82) is 0 Å². The molecule has 2 nitrogen and oxygen atoms in total. The minimum absolute atomic E-state index is 0.174. The highest BCUT2D eigenvalue weighted by Crippen LogP contribution is 2.73. The molecule has 0 spiro atoms. The van der Waals surface area contributed by atoms with Crippen LogP contribution in [0.3, 0.4) is 0 Å². The van der Waals surface area contributed by atoms with Gasteiger partial charge in [-0.1, -0.05) is 42.5 Å². The summed E-state index contributed by atoms with van der Waals surface area (Å²) < 4.78 is 0. The summed E-state index contributed by atoms with van der Waals surface area (Å²) in [6, 6.07) is 12.1. The monoisotopic (exact) mass is 402 g/mol. The molecule has 0 radical (unpaired) electrons. The Labute approximate surface area is 173 Å². The van der Waals surface area contributed by atoms with E-state index in [1.54, 1.807) is 0 Å². The van der Waals surface area contributed by atoms with Crippen LogP contribution in [0.2, 0.25) is 0 Å². The number of rotatable bonds is 4. The zero-order chi connectivity index (χ0) is 18.6. The summed E-state index contributed by atoms with van der Waals surface area (Å²) in [4.78, 5) is 1.16. The number of alkyl halides is 1. The van der Waals surface area contributed by atoms with Gasteiger partial charge >= 0.3 is 0 Å². The molecule has 4 heteroatoms. The van der Waals surface area contributed by atoms with E-state index < -0.39 is 0 Å². The zero-order valence-corrected chi connectivity index (χ0v) is 17.6. The lowest BCUT2D eigenvalue weighted by Crippen LogP contribution is -2.48. The normalized spacial score (nSPS) is 45.2. The van der Waals surface area contributed by atoms with Crippen LogP contribution in [0.5, 0.6) is 0 Å². The van der Waals surface area contributed by atoms with Crippen molar-refractivity contribution in [3.8, 4) is 0 Å². The molecule has 5 aliphatic rings.